The van der Waals surface area contributed by atoms with Gasteiger partial charge in [-0.3, -0.25) is 14.9 Å². The van der Waals surface area contributed by atoms with Gasteiger partial charge in [-0.05, 0) is 25.2 Å². The Labute approximate surface area is 142 Å². The largest absolute Gasteiger partial charge is 0.482 e. The molecule has 8 heteroatoms. The molecule has 0 atom stereocenters. The van der Waals surface area contributed by atoms with E-state index in [9.17, 15) is 9.59 Å². The number of anilines is 2. The smallest absolute Gasteiger partial charge is 0.262 e. The van der Waals surface area contributed by atoms with E-state index in [1.807, 2.05) is 0 Å². The van der Waals surface area contributed by atoms with Gasteiger partial charge >= 0.3 is 0 Å². The van der Waals surface area contributed by atoms with Gasteiger partial charge in [0.1, 0.15) is 5.75 Å². The molecule has 124 valence electrons. The van der Waals surface area contributed by atoms with Crippen molar-refractivity contribution < 1.29 is 14.3 Å². The number of hydrogen-bond acceptors (Lipinski definition) is 6. The van der Waals surface area contributed by atoms with Crippen molar-refractivity contribution in [3.63, 3.8) is 0 Å². The fourth-order valence-corrected chi connectivity index (χ4v) is 3.85. The molecule has 0 unspecified atom stereocenters. The Morgan fingerprint density at radius 3 is 3.21 bits per heavy atom. The average molecular weight is 344 g/mol. The number of likely N-dealkylation sites (N-methyl/N-ethyl adjacent to an activating group) is 1. The highest BCUT2D eigenvalue weighted by Gasteiger charge is 2.21. The quantitative estimate of drug-likeness (QED) is 0.867. The molecule has 0 saturated heterocycles. The van der Waals surface area contributed by atoms with E-state index >= 15 is 0 Å². The van der Waals surface area contributed by atoms with Crippen LogP contribution < -0.4 is 15.4 Å². The van der Waals surface area contributed by atoms with Crippen LogP contribution in [0, 0.1) is 0 Å². The summed E-state index contributed by atoms with van der Waals surface area (Å²) in [5, 5.41) is 6.17. The second-order valence-electron chi connectivity index (χ2n) is 5.88. The third-order valence-corrected chi connectivity index (χ3v) is 5.02. The van der Waals surface area contributed by atoms with E-state index in [1.165, 1.54) is 16.2 Å². The number of nitrogens with zero attached hydrogens (tertiary/aromatic N) is 2. The lowest BCUT2D eigenvalue weighted by atomic mass is 10.1. The van der Waals surface area contributed by atoms with E-state index in [0.717, 1.165) is 25.2 Å². The fourth-order valence-electron chi connectivity index (χ4n) is 2.76. The van der Waals surface area contributed by atoms with Gasteiger partial charge in [0, 0.05) is 30.0 Å². The average Bonchev–Trinajstić information content (AvgIpc) is 2.95. The van der Waals surface area contributed by atoms with Gasteiger partial charge in [-0.2, -0.15) is 0 Å². The Morgan fingerprint density at radius 1 is 1.46 bits per heavy atom. The minimum absolute atomic E-state index is 0.0369. The molecule has 0 aliphatic carbocycles. The molecule has 0 fully saturated rings. The second kappa shape index (κ2) is 5.88. The normalized spacial score (nSPS) is 16.6. The molecular weight excluding hydrogens is 328 g/mol. The highest BCUT2D eigenvalue weighted by atomic mass is 32.1. The van der Waals surface area contributed by atoms with Crippen molar-refractivity contribution in [1.29, 1.82) is 0 Å². The van der Waals surface area contributed by atoms with E-state index in [0.29, 0.717) is 22.1 Å². The molecule has 2 aliphatic rings. The van der Waals surface area contributed by atoms with Gasteiger partial charge in [-0.1, -0.05) is 0 Å². The zero-order valence-corrected chi connectivity index (χ0v) is 13.9. The van der Waals surface area contributed by atoms with Crippen LogP contribution >= 0.6 is 11.3 Å². The maximum Gasteiger partial charge on any atom is 0.262 e. The van der Waals surface area contributed by atoms with E-state index in [-0.39, 0.29) is 18.4 Å². The van der Waals surface area contributed by atoms with Crippen molar-refractivity contribution in [3.8, 4) is 5.75 Å². The summed E-state index contributed by atoms with van der Waals surface area (Å²) in [6.45, 7) is 1.82. The van der Waals surface area contributed by atoms with Crippen LogP contribution in [0.5, 0.6) is 5.75 Å². The predicted molar refractivity (Wildman–Crippen MR) is 90.7 cm³/mol. The predicted octanol–water partition coefficient (Wildman–Crippen LogP) is 1.71. The highest BCUT2D eigenvalue weighted by molar-refractivity contribution is 7.15. The first kappa shape index (κ1) is 15.1. The first-order valence-corrected chi connectivity index (χ1v) is 8.45. The SMILES string of the molecule is CN1CCc2nc(NC(=O)c3ccc4c(c3)OCC(=O)N4)sc2C1. The summed E-state index contributed by atoms with van der Waals surface area (Å²) in [5.74, 6) is 0.0677. The van der Waals surface area contributed by atoms with Crippen molar-refractivity contribution in [2.75, 3.05) is 30.8 Å². The lowest BCUT2D eigenvalue weighted by Gasteiger charge is -2.20. The number of carbonyl (C=O) groups excluding carboxylic acids is 2. The molecule has 0 bridgehead atoms. The molecule has 4 rings (SSSR count). The summed E-state index contributed by atoms with van der Waals surface area (Å²) in [7, 11) is 2.08. The molecule has 1 aromatic carbocycles. The monoisotopic (exact) mass is 344 g/mol. The molecule has 24 heavy (non-hydrogen) atoms. The highest BCUT2D eigenvalue weighted by Crippen LogP contribution is 2.30. The molecule has 7 nitrogen and oxygen atoms in total. The number of fused-ring (bicyclic) bond motifs is 2. The van der Waals surface area contributed by atoms with Crippen LogP contribution in [-0.2, 0) is 17.8 Å². The summed E-state index contributed by atoms with van der Waals surface area (Å²) in [5.41, 5.74) is 2.12. The lowest BCUT2D eigenvalue weighted by Crippen LogP contribution is -2.25. The Bertz CT molecular complexity index is 833. The van der Waals surface area contributed by atoms with E-state index < -0.39 is 0 Å². The number of nitrogens with one attached hydrogen (secondary N) is 2. The van der Waals surface area contributed by atoms with Crippen molar-refractivity contribution >= 4 is 34.0 Å². The van der Waals surface area contributed by atoms with Crippen molar-refractivity contribution in [2.45, 2.75) is 13.0 Å². The molecular formula is C16H16N4O3S. The Balaban J connectivity index is 1.51. The molecule has 0 spiro atoms. The zero-order chi connectivity index (χ0) is 16.7. The van der Waals surface area contributed by atoms with E-state index in [2.05, 4.69) is 27.6 Å². The zero-order valence-electron chi connectivity index (χ0n) is 13.1. The molecule has 0 saturated carbocycles. The van der Waals surface area contributed by atoms with Gasteiger partial charge < -0.3 is 15.0 Å². The van der Waals surface area contributed by atoms with Crippen LogP contribution in [0.2, 0.25) is 0 Å². The molecule has 0 radical (unpaired) electrons. The summed E-state index contributed by atoms with van der Waals surface area (Å²) in [6.07, 6.45) is 0.907. The van der Waals surface area contributed by atoms with E-state index in [1.54, 1.807) is 18.2 Å². The number of hydrogen-bond donors (Lipinski definition) is 2. The van der Waals surface area contributed by atoms with Crippen molar-refractivity contribution in [1.82, 2.24) is 9.88 Å². The standard InChI is InChI=1S/C16H16N4O3S/c1-20-5-4-11-13(7-20)24-16(18-11)19-15(22)9-2-3-10-12(6-9)23-8-14(21)17-10/h2-3,6H,4-5,7-8H2,1H3,(H,17,21)(H,18,19,22). The number of amides is 2. The van der Waals surface area contributed by atoms with Crippen molar-refractivity contribution in [2.24, 2.45) is 0 Å². The number of thiazole rings is 1. The summed E-state index contributed by atoms with van der Waals surface area (Å²) < 4.78 is 5.34. The van der Waals surface area contributed by atoms with Crippen LogP contribution in [0.1, 0.15) is 20.9 Å². The summed E-state index contributed by atoms with van der Waals surface area (Å²) in [4.78, 5) is 31.7. The van der Waals surface area contributed by atoms with Crippen LogP contribution in [0.15, 0.2) is 18.2 Å². The lowest BCUT2D eigenvalue weighted by molar-refractivity contribution is -0.118. The number of ether oxygens (including phenoxy) is 1. The molecule has 2 N–H and O–H groups in total. The van der Waals surface area contributed by atoms with Crippen LogP contribution in [-0.4, -0.2) is 41.9 Å². The minimum Gasteiger partial charge on any atom is -0.482 e. The Hall–Kier alpha value is -2.45. The van der Waals surface area contributed by atoms with Gasteiger partial charge in [-0.25, -0.2) is 4.98 Å². The van der Waals surface area contributed by atoms with Crippen LogP contribution in [0.3, 0.4) is 0 Å². The number of carbonyl (C=O) groups is 2. The Morgan fingerprint density at radius 2 is 2.33 bits per heavy atom. The first-order chi connectivity index (χ1) is 11.6. The van der Waals surface area contributed by atoms with Gasteiger partial charge in [-0.15, -0.1) is 11.3 Å². The van der Waals surface area contributed by atoms with E-state index in [4.69, 9.17) is 4.74 Å². The van der Waals surface area contributed by atoms with Crippen LogP contribution in [0.4, 0.5) is 10.8 Å². The van der Waals surface area contributed by atoms with Gasteiger partial charge in [0.05, 0.1) is 11.4 Å². The maximum atomic E-state index is 12.4. The molecule has 1 aromatic heterocycles. The van der Waals surface area contributed by atoms with Gasteiger partial charge in [0.15, 0.2) is 11.7 Å². The molecule has 2 aliphatic heterocycles. The van der Waals surface area contributed by atoms with Crippen molar-refractivity contribution in [3.05, 3.63) is 34.3 Å². The topological polar surface area (TPSA) is 83.6 Å². The Kier molecular flexibility index (Phi) is 3.70. The maximum absolute atomic E-state index is 12.4. The molecule has 2 amide bonds. The molecule has 3 heterocycles. The second-order valence-corrected chi connectivity index (χ2v) is 6.96. The molecule has 2 aromatic rings. The third kappa shape index (κ3) is 2.85. The number of rotatable bonds is 2. The fraction of sp³-hybridized carbons (Fsp3) is 0.312. The van der Waals surface area contributed by atoms with Gasteiger partial charge in [0.25, 0.3) is 11.8 Å². The van der Waals surface area contributed by atoms with Gasteiger partial charge in [0.2, 0.25) is 0 Å². The first-order valence-electron chi connectivity index (χ1n) is 7.63. The summed E-state index contributed by atoms with van der Waals surface area (Å²) in [6, 6.07) is 4.96. The summed E-state index contributed by atoms with van der Waals surface area (Å²) >= 11 is 1.52. The number of benzene rings is 1. The van der Waals surface area contributed by atoms with Crippen LogP contribution in [0.25, 0.3) is 0 Å². The third-order valence-electron chi connectivity index (χ3n) is 4.02. The number of aromatic nitrogens is 1. The minimum atomic E-state index is -0.238.